The average Bonchev–Trinajstić information content (AvgIpc) is 3.98. The molecule has 3 aromatic carbocycles. The van der Waals surface area contributed by atoms with Gasteiger partial charge in [-0.3, -0.25) is 19.2 Å². The number of nitriles is 1. The number of hydrogen-bond acceptors (Lipinski definition) is 11. The number of ketones is 1. The minimum atomic E-state index is -0.867. The fourth-order valence-corrected chi connectivity index (χ4v) is 9.92. The summed E-state index contributed by atoms with van der Waals surface area (Å²) in [5.74, 6) is -1.18. The summed E-state index contributed by atoms with van der Waals surface area (Å²) in [6.45, 7) is 16.9. The lowest BCUT2D eigenvalue weighted by Gasteiger charge is -2.63. The highest BCUT2D eigenvalue weighted by Gasteiger charge is 2.64. The average molecular weight is 938 g/mol. The zero-order valence-electron chi connectivity index (χ0n) is 39.8. The zero-order chi connectivity index (χ0) is 48.7. The van der Waals surface area contributed by atoms with Crippen molar-refractivity contribution in [1.29, 1.82) is 5.26 Å². The van der Waals surface area contributed by atoms with Crippen molar-refractivity contribution in [3.05, 3.63) is 94.6 Å². The molecule has 1 saturated carbocycles. The standard InChI is InChI=1S/C51H65ClN8O7/c1-31(32-12-14-33(15-13-32)42-28-55-59-58-42)56-45(64)43-25-37(61)29-60(43)46(65)40(49(2,3)4)24-38(62)30-66-23-11-9-10-22-54-36-19-16-34(17-20-36)44(63)57-47-50(5,6)48(51(47,7)8)67-39-21-18-35(27-53)41(52)26-39/h12-21,26,28,31,37,40,43,47-48,54,61H,9-11,22-25,29-30H2,1-8H3,(H,56,64)(H,57,63)(H,55,58,59)/t31-,37+,40+,43-,47?,48?/m0/s1. The first-order chi connectivity index (χ1) is 31.7. The molecule has 2 aliphatic rings. The van der Waals surface area contributed by atoms with Crippen molar-refractivity contribution in [2.75, 3.05) is 31.6 Å². The first-order valence-corrected chi connectivity index (χ1v) is 23.4. The van der Waals surface area contributed by atoms with Gasteiger partial charge in [0, 0.05) is 78.2 Å². The van der Waals surface area contributed by atoms with Gasteiger partial charge in [-0.15, -0.1) is 0 Å². The Hall–Kier alpha value is -5.82. The van der Waals surface area contributed by atoms with Gasteiger partial charge < -0.3 is 35.4 Å². The number of benzene rings is 3. The van der Waals surface area contributed by atoms with E-state index in [-0.39, 0.29) is 78.5 Å². The lowest BCUT2D eigenvalue weighted by Crippen LogP contribution is -2.74. The summed E-state index contributed by atoms with van der Waals surface area (Å²) in [5, 5.41) is 40.3. The molecule has 4 aromatic rings. The summed E-state index contributed by atoms with van der Waals surface area (Å²) >= 11 is 6.24. The van der Waals surface area contributed by atoms with Crippen LogP contribution in [0.15, 0.2) is 72.9 Å². The number of aliphatic hydroxyl groups is 1. The quantitative estimate of drug-likeness (QED) is 0.0543. The number of aromatic nitrogens is 3. The minimum absolute atomic E-state index is 0.0161. The molecule has 0 unspecified atom stereocenters. The number of nitrogens with one attached hydrogen (secondary N) is 4. The second-order valence-corrected chi connectivity index (χ2v) is 20.6. The summed E-state index contributed by atoms with van der Waals surface area (Å²) in [7, 11) is 0. The van der Waals surface area contributed by atoms with E-state index in [4.69, 9.17) is 21.1 Å². The van der Waals surface area contributed by atoms with E-state index < -0.39 is 23.5 Å². The summed E-state index contributed by atoms with van der Waals surface area (Å²) in [6.07, 6.45) is 3.14. The van der Waals surface area contributed by atoms with Crippen LogP contribution in [0.4, 0.5) is 5.69 Å². The molecule has 1 aromatic heterocycles. The van der Waals surface area contributed by atoms with Crippen LogP contribution in [0.1, 0.15) is 115 Å². The molecule has 2 fully saturated rings. The van der Waals surface area contributed by atoms with Crippen LogP contribution in [0.2, 0.25) is 5.02 Å². The summed E-state index contributed by atoms with van der Waals surface area (Å²) < 4.78 is 12.1. The molecule has 0 spiro atoms. The second-order valence-electron chi connectivity index (χ2n) is 20.2. The number of aromatic amines is 1. The van der Waals surface area contributed by atoms with Crippen molar-refractivity contribution in [2.45, 2.75) is 118 Å². The van der Waals surface area contributed by atoms with Gasteiger partial charge in [-0.1, -0.05) is 84.3 Å². The molecule has 0 bridgehead atoms. The number of unbranched alkanes of at least 4 members (excludes halogenated alkanes) is 2. The maximum absolute atomic E-state index is 14.1. The maximum Gasteiger partial charge on any atom is 0.251 e. The second kappa shape index (κ2) is 21.4. The molecule has 5 N–H and O–H groups in total. The van der Waals surface area contributed by atoms with Crippen molar-refractivity contribution in [3.63, 3.8) is 0 Å². The van der Waals surface area contributed by atoms with Gasteiger partial charge in [-0.2, -0.15) is 20.7 Å². The number of β-amino-alcohol motifs (C(OH)–C–C–N with tert-alkyl or cyclic N) is 1. The van der Waals surface area contributed by atoms with Gasteiger partial charge in [0.2, 0.25) is 11.8 Å². The van der Waals surface area contributed by atoms with E-state index in [1.165, 1.54) is 4.90 Å². The van der Waals surface area contributed by atoms with Gasteiger partial charge in [0.15, 0.2) is 5.78 Å². The highest BCUT2D eigenvalue weighted by atomic mass is 35.5. The van der Waals surface area contributed by atoms with Crippen molar-refractivity contribution >= 4 is 40.8 Å². The van der Waals surface area contributed by atoms with Crippen LogP contribution in [-0.2, 0) is 19.1 Å². The number of hydrogen-bond donors (Lipinski definition) is 5. The molecule has 16 heteroatoms. The lowest BCUT2D eigenvalue weighted by atomic mass is 9.49. The Labute approximate surface area is 398 Å². The van der Waals surface area contributed by atoms with Crippen LogP contribution in [0.3, 0.4) is 0 Å². The molecule has 1 aliphatic carbocycles. The van der Waals surface area contributed by atoms with Gasteiger partial charge in [0.1, 0.15) is 36.3 Å². The van der Waals surface area contributed by atoms with Crippen LogP contribution < -0.4 is 20.7 Å². The third-order valence-corrected chi connectivity index (χ3v) is 13.6. The third kappa shape index (κ3) is 12.2. The third-order valence-electron chi connectivity index (χ3n) is 13.3. The number of likely N-dealkylation sites (tertiary alicyclic amines) is 1. The zero-order valence-corrected chi connectivity index (χ0v) is 40.6. The van der Waals surface area contributed by atoms with E-state index in [0.717, 1.165) is 42.6 Å². The normalized spacial score (nSPS) is 20.5. The number of nitrogens with zero attached hydrogens (tertiary/aromatic N) is 4. The van der Waals surface area contributed by atoms with E-state index >= 15 is 0 Å². The highest BCUT2D eigenvalue weighted by molar-refractivity contribution is 6.31. The highest BCUT2D eigenvalue weighted by Crippen LogP contribution is 2.55. The fraction of sp³-hybridized carbons (Fsp3) is 0.510. The number of H-pyrrole nitrogens is 1. The predicted molar refractivity (Wildman–Crippen MR) is 256 cm³/mol. The molecule has 1 aliphatic heterocycles. The number of anilines is 1. The van der Waals surface area contributed by atoms with Crippen molar-refractivity contribution < 1.29 is 33.8 Å². The Morgan fingerprint density at radius 3 is 2.33 bits per heavy atom. The van der Waals surface area contributed by atoms with E-state index in [0.29, 0.717) is 34.2 Å². The van der Waals surface area contributed by atoms with E-state index in [9.17, 15) is 29.5 Å². The van der Waals surface area contributed by atoms with Crippen molar-refractivity contribution in [3.8, 4) is 23.1 Å². The Kier molecular flexibility index (Phi) is 16.2. The molecule has 2 heterocycles. The van der Waals surface area contributed by atoms with Gasteiger partial charge >= 0.3 is 0 Å². The number of carbonyl (C=O) groups excluding carboxylic acids is 4. The van der Waals surface area contributed by atoms with Crippen molar-refractivity contribution in [2.24, 2.45) is 22.2 Å². The molecule has 15 nitrogen and oxygen atoms in total. The number of Topliss-reactive ketones (excluding diaryl/α,β-unsaturated/α-hetero) is 1. The molecule has 3 amide bonds. The topological polar surface area (TPSA) is 212 Å². The maximum atomic E-state index is 14.1. The molecule has 67 heavy (non-hydrogen) atoms. The van der Waals surface area contributed by atoms with E-state index in [2.05, 4.69) is 65.1 Å². The van der Waals surface area contributed by atoms with Crippen LogP contribution >= 0.6 is 11.6 Å². The fourth-order valence-electron chi connectivity index (χ4n) is 9.71. The van der Waals surface area contributed by atoms with Gasteiger partial charge in [-0.25, -0.2) is 0 Å². The number of carbonyl (C=O) groups is 4. The summed E-state index contributed by atoms with van der Waals surface area (Å²) in [5.41, 5.74) is 2.96. The molecule has 0 radical (unpaired) electrons. The van der Waals surface area contributed by atoms with E-state index in [1.807, 2.05) is 64.1 Å². The Morgan fingerprint density at radius 1 is 1.00 bits per heavy atom. The molecular formula is C51H65ClN8O7. The van der Waals surface area contributed by atoms with Crippen LogP contribution in [-0.4, -0.2) is 99.5 Å². The van der Waals surface area contributed by atoms with Gasteiger partial charge in [-0.05, 0) is 73.6 Å². The largest absolute Gasteiger partial charge is 0.489 e. The SMILES string of the molecule is C[C@H](NC(=O)[C@@H]1C[C@@H](O)CN1C(=O)[C@@H](CC(=O)COCCCCCNc1ccc(C(=O)NC2C(C)(C)C(Oc3ccc(C#N)c(Cl)c3)C2(C)C)cc1)C(C)(C)C)c1ccc(-c2cn[nH]n2)cc1. The number of ether oxygens (including phenoxy) is 2. The molecule has 1 saturated heterocycles. The first kappa shape index (κ1) is 50.6. The number of amides is 3. The lowest BCUT2D eigenvalue weighted by molar-refractivity contribution is -0.164. The Bertz CT molecular complexity index is 2380. The van der Waals surface area contributed by atoms with Crippen LogP contribution in [0, 0.1) is 33.5 Å². The minimum Gasteiger partial charge on any atom is -0.489 e. The summed E-state index contributed by atoms with van der Waals surface area (Å²) in [4.78, 5) is 55.7. The Morgan fingerprint density at radius 2 is 1.70 bits per heavy atom. The molecular weight excluding hydrogens is 872 g/mol. The monoisotopic (exact) mass is 936 g/mol. The van der Waals surface area contributed by atoms with Gasteiger partial charge in [0.25, 0.3) is 5.91 Å². The number of halogens is 1. The van der Waals surface area contributed by atoms with Crippen molar-refractivity contribution in [1.82, 2.24) is 30.9 Å². The molecule has 358 valence electrons. The first-order valence-electron chi connectivity index (χ1n) is 23.1. The van der Waals surface area contributed by atoms with Crippen LogP contribution in [0.25, 0.3) is 11.3 Å². The predicted octanol–water partition coefficient (Wildman–Crippen LogP) is 7.67. The van der Waals surface area contributed by atoms with E-state index in [1.54, 1.807) is 36.5 Å². The summed E-state index contributed by atoms with van der Waals surface area (Å²) in [6, 6.07) is 20.7. The Balaban J connectivity index is 0.884. The van der Waals surface area contributed by atoms with Crippen LogP contribution in [0.5, 0.6) is 5.75 Å². The number of rotatable bonds is 20. The number of aliphatic hydroxyl groups excluding tert-OH is 1. The molecule has 6 rings (SSSR count). The molecule has 4 atom stereocenters. The van der Waals surface area contributed by atoms with Gasteiger partial charge in [0.05, 0.1) is 28.9 Å². The smallest absolute Gasteiger partial charge is 0.251 e.